The average Bonchev–Trinajstić information content (AvgIpc) is 2.28. The Bertz CT molecular complexity index is 367. The highest BCUT2D eigenvalue weighted by Crippen LogP contribution is 2.21. The monoisotopic (exact) mass is 238 g/mol. The molecule has 0 spiro atoms. The number of pyridine rings is 1. The van der Waals surface area contributed by atoms with E-state index in [1.54, 1.807) is 18.3 Å². The van der Waals surface area contributed by atoms with Gasteiger partial charge in [0.05, 0.1) is 6.10 Å². The minimum atomic E-state index is -0.214. The molecule has 1 rings (SSSR count). The standard InChI is InChI=1S/C12H18N2O3/c1-4-16-8-11(15)14-10-6-5-7-13-12(10)17-9(2)3/h5-7,9H,4,8H2,1-3H3,(H,14,15). The molecule has 0 fully saturated rings. The molecule has 0 radical (unpaired) electrons. The van der Waals surface area contributed by atoms with E-state index in [1.807, 2.05) is 20.8 Å². The zero-order valence-electron chi connectivity index (χ0n) is 10.4. The van der Waals surface area contributed by atoms with Gasteiger partial charge in [-0.05, 0) is 32.9 Å². The van der Waals surface area contributed by atoms with Crippen LogP contribution >= 0.6 is 0 Å². The molecule has 0 aromatic carbocycles. The van der Waals surface area contributed by atoms with E-state index in [0.717, 1.165) is 0 Å². The number of ether oxygens (including phenoxy) is 2. The zero-order chi connectivity index (χ0) is 12.7. The van der Waals surface area contributed by atoms with Crippen molar-refractivity contribution >= 4 is 11.6 Å². The molecule has 1 aromatic heterocycles. The number of aromatic nitrogens is 1. The van der Waals surface area contributed by atoms with Crippen molar-refractivity contribution < 1.29 is 14.3 Å². The number of rotatable bonds is 6. The van der Waals surface area contributed by atoms with Crippen LogP contribution in [-0.2, 0) is 9.53 Å². The second kappa shape index (κ2) is 6.85. The lowest BCUT2D eigenvalue weighted by atomic mass is 10.4. The van der Waals surface area contributed by atoms with Crippen LogP contribution in [0.15, 0.2) is 18.3 Å². The predicted octanol–water partition coefficient (Wildman–Crippen LogP) is 1.84. The molecule has 0 saturated carbocycles. The fourth-order valence-electron chi connectivity index (χ4n) is 1.18. The SMILES string of the molecule is CCOCC(=O)Nc1cccnc1OC(C)C. The van der Waals surface area contributed by atoms with Crippen molar-refractivity contribution in [2.24, 2.45) is 0 Å². The van der Waals surface area contributed by atoms with Gasteiger partial charge in [0.25, 0.3) is 5.91 Å². The van der Waals surface area contributed by atoms with Crippen molar-refractivity contribution in [3.8, 4) is 5.88 Å². The Kier molecular flexibility index (Phi) is 5.42. The summed E-state index contributed by atoms with van der Waals surface area (Å²) in [5.41, 5.74) is 0.561. The van der Waals surface area contributed by atoms with Gasteiger partial charge in [0.15, 0.2) is 0 Å². The van der Waals surface area contributed by atoms with Crippen LogP contribution in [0.5, 0.6) is 5.88 Å². The van der Waals surface area contributed by atoms with Gasteiger partial charge in [0.1, 0.15) is 12.3 Å². The fourth-order valence-corrected chi connectivity index (χ4v) is 1.18. The quantitative estimate of drug-likeness (QED) is 0.821. The van der Waals surface area contributed by atoms with Crippen LogP contribution < -0.4 is 10.1 Å². The Morgan fingerprint density at radius 1 is 1.53 bits per heavy atom. The summed E-state index contributed by atoms with van der Waals surface area (Å²) >= 11 is 0. The maximum atomic E-state index is 11.5. The molecule has 1 amide bonds. The summed E-state index contributed by atoms with van der Waals surface area (Å²) in [6.07, 6.45) is 1.63. The largest absolute Gasteiger partial charge is 0.473 e. The number of amides is 1. The summed E-state index contributed by atoms with van der Waals surface area (Å²) in [4.78, 5) is 15.6. The van der Waals surface area contributed by atoms with Crippen LogP contribution in [0, 0.1) is 0 Å². The molecule has 0 unspecified atom stereocenters. The molecule has 5 nitrogen and oxygen atoms in total. The van der Waals surface area contributed by atoms with Gasteiger partial charge >= 0.3 is 0 Å². The molecule has 17 heavy (non-hydrogen) atoms. The van der Waals surface area contributed by atoms with E-state index in [9.17, 15) is 4.79 Å². The summed E-state index contributed by atoms with van der Waals surface area (Å²) < 4.78 is 10.5. The van der Waals surface area contributed by atoms with Crippen molar-refractivity contribution in [2.45, 2.75) is 26.9 Å². The van der Waals surface area contributed by atoms with E-state index in [-0.39, 0.29) is 18.6 Å². The molecule has 0 aliphatic carbocycles. The van der Waals surface area contributed by atoms with Crippen LogP contribution in [0.1, 0.15) is 20.8 Å². The molecule has 0 bridgehead atoms. The molecule has 0 aliphatic rings. The number of carbonyl (C=O) groups excluding carboxylic acids is 1. The Labute approximate surface area is 101 Å². The normalized spacial score (nSPS) is 10.4. The predicted molar refractivity (Wildman–Crippen MR) is 65.1 cm³/mol. The number of carbonyl (C=O) groups is 1. The van der Waals surface area contributed by atoms with Crippen molar-refractivity contribution in [1.29, 1.82) is 0 Å². The fraction of sp³-hybridized carbons (Fsp3) is 0.500. The topological polar surface area (TPSA) is 60.5 Å². The number of nitrogens with one attached hydrogen (secondary N) is 1. The molecule has 0 saturated heterocycles. The van der Waals surface area contributed by atoms with E-state index in [0.29, 0.717) is 18.2 Å². The van der Waals surface area contributed by atoms with Crippen molar-refractivity contribution in [3.05, 3.63) is 18.3 Å². The van der Waals surface area contributed by atoms with Crippen molar-refractivity contribution in [1.82, 2.24) is 4.98 Å². The first-order valence-corrected chi connectivity index (χ1v) is 5.62. The Balaban J connectivity index is 2.66. The summed E-state index contributed by atoms with van der Waals surface area (Å²) in [6, 6.07) is 3.48. The smallest absolute Gasteiger partial charge is 0.250 e. The summed E-state index contributed by atoms with van der Waals surface area (Å²) in [5.74, 6) is 0.209. The number of nitrogens with zero attached hydrogens (tertiary/aromatic N) is 1. The molecule has 0 aliphatic heterocycles. The van der Waals surface area contributed by atoms with Crippen LogP contribution in [0.2, 0.25) is 0 Å². The maximum absolute atomic E-state index is 11.5. The van der Waals surface area contributed by atoms with E-state index < -0.39 is 0 Å². The lowest BCUT2D eigenvalue weighted by molar-refractivity contribution is -0.120. The summed E-state index contributed by atoms with van der Waals surface area (Å²) in [7, 11) is 0. The van der Waals surface area contributed by atoms with Gasteiger partial charge in [-0.15, -0.1) is 0 Å². The molecule has 1 N–H and O–H groups in total. The average molecular weight is 238 g/mol. The molecular formula is C12H18N2O3. The van der Waals surface area contributed by atoms with Gasteiger partial charge in [0.2, 0.25) is 5.88 Å². The third kappa shape index (κ3) is 4.82. The lowest BCUT2D eigenvalue weighted by Gasteiger charge is -2.13. The molecule has 0 atom stereocenters. The number of anilines is 1. The van der Waals surface area contributed by atoms with Crippen LogP contribution in [0.3, 0.4) is 0 Å². The van der Waals surface area contributed by atoms with E-state index in [2.05, 4.69) is 10.3 Å². The highest BCUT2D eigenvalue weighted by molar-refractivity contribution is 5.92. The van der Waals surface area contributed by atoms with Gasteiger partial charge < -0.3 is 14.8 Å². The van der Waals surface area contributed by atoms with Crippen LogP contribution in [-0.4, -0.2) is 30.2 Å². The Morgan fingerprint density at radius 3 is 2.94 bits per heavy atom. The number of hydrogen-bond donors (Lipinski definition) is 1. The van der Waals surface area contributed by atoms with Crippen LogP contribution in [0.4, 0.5) is 5.69 Å². The molecule has 5 heteroatoms. The first-order valence-electron chi connectivity index (χ1n) is 5.62. The molecule has 1 aromatic rings. The minimum absolute atomic E-state index is 0.00689. The molecular weight excluding hydrogens is 220 g/mol. The van der Waals surface area contributed by atoms with Gasteiger partial charge in [0, 0.05) is 12.8 Å². The van der Waals surface area contributed by atoms with Crippen LogP contribution in [0.25, 0.3) is 0 Å². The van der Waals surface area contributed by atoms with E-state index in [1.165, 1.54) is 0 Å². The van der Waals surface area contributed by atoms with Gasteiger partial charge in [-0.3, -0.25) is 4.79 Å². The third-order valence-electron chi connectivity index (χ3n) is 1.83. The van der Waals surface area contributed by atoms with Gasteiger partial charge in [-0.2, -0.15) is 0 Å². The molecule has 1 heterocycles. The Morgan fingerprint density at radius 2 is 2.29 bits per heavy atom. The van der Waals surface area contributed by atoms with Gasteiger partial charge in [-0.25, -0.2) is 4.98 Å². The maximum Gasteiger partial charge on any atom is 0.250 e. The van der Waals surface area contributed by atoms with E-state index >= 15 is 0 Å². The van der Waals surface area contributed by atoms with E-state index in [4.69, 9.17) is 9.47 Å². The first-order chi connectivity index (χ1) is 8.13. The highest BCUT2D eigenvalue weighted by atomic mass is 16.5. The Hall–Kier alpha value is -1.62. The highest BCUT2D eigenvalue weighted by Gasteiger charge is 2.09. The first kappa shape index (κ1) is 13.4. The zero-order valence-corrected chi connectivity index (χ0v) is 10.4. The van der Waals surface area contributed by atoms with Crippen molar-refractivity contribution in [2.75, 3.05) is 18.5 Å². The minimum Gasteiger partial charge on any atom is -0.473 e. The molecule has 94 valence electrons. The number of hydrogen-bond acceptors (Lipinski definition) is 4. The summed E-state index contributed by atoms with van der Waals surface area (Å²) in [6.45, 7) is 6.19. The third-order valence-corrected chi connectivity index (χ3v) is 1.83. The second-order valence-electron chi connectivity index (χ2n) is 3.71. The van der Waals surface area contributed by atoms with Crippen molar-refractivity contribution in [3.63, 3.8) is 0 Å². The van der Waals surface area contributed by atoms with Gasteiger partial charge in [-0.1, -0.05) is 0 Å². The second-order valence-corrected chi connectivity index (χ2v) is 3.71. The summed E-state index contributed by atoms with van der Waals surface area (Å²) in [5, 5.41) is 2.70. The lowest BCUT2D eigenvalue weighted by Crippen LogP contribution is -2.19.